The van der Waals surface area contributed by atoms with Gasteiger partial charge in [-0.2, -0.15) is 0 Å². The molecule has 1 aromatic carbocycles. The molecule has 2 rings (SSSR count). The molecule has 0 heterocycles. The maximum absolute atomic E-state index is 11.6. The second-order valence-electron chi connectivity index (χ2n) is 4.41. The largest absolute Gasteiger partial charge is 0.497 e. The molecule has 0 bridgehead atoms. The molecule has 4 nitrogen and oxygen atoms in total. The summed E-state index contributed by atoms with van der Waals surface area (Å²) in [4.78, 5) is 11.6. The molecule has 0 fully saturated rings. The Bertz CT molecular complexity index is 441. The van der Waals surface area contributed by atoms with E-state index in [1.807, 2.05) is 18.2 Å². The molecule has 1 aliphatic rings. The molecule has 0 saturated heterocycles. The summed E-state index contributed by atoms with van der Waals surface area (Å²) in [6.07, 6.45) is 0.557. The molecule has 0 spiro atoms. The van der Waals surface area contributed by atoms with Gasteiger partial charge >= 0.3 is 5.97 Å². The number of aryl methyl sites for hydroxylation is 1. The van der Waals surface area contributed by atoms with Crippen molar-refractivity contribution in [3.8, 4) is 5.75 Å². The number of hydrogen-bond acceptors (Lipinski definition) is 4. The normalized spacial score (nSPS) is 19.2. The van der Waals surface area contributed by atoms with Crippen LogP contribution in [0.4, 0.5) is 0 Å². The van der Waals surface area contributed by atoms with Crippen LogP contribution in [0.2, 0.25) is 0 Å². The number of hydrogen-bond donors (Lipinski definition) is 1. The van der Waals surface area contributed by atoms with E-state index in [0.29, 0.717) is 0 Å². The van der Waals surface area contributed by atoms with Crippen LogP contribution in [-0.2, 0) is 16.0 Å². The third-order valence-corrected chi connectivity index (χ3v) is 3.39. The lowest BCUT2D eigenvalue weighted by atomic mass is 9.95. The fourth-order valence-corrected chi connectivity index (χ4v) is 2.46. The quantitative estimate of drug-likeness (QED) is 0.825. The maximum atomic E-state index is 11.6. The van der Waals surface area contributed by atoms with Crippen LogP contribution >= 0.6 is 0 Å². The number of esters is 1. The van der Waals surface area contributed by atoms with Gasteiger partial charge in [0, 0.05) is 5.92 Å². The zero-order valence-electron chi connectivity index (χ0n) is 10.7. The highest BCUT2D eigenvalue weighted by Crippen LogP contribution is 2.37. The van der Waals surface area contributed by atoms with Gasteiger partial charge in [0.05, 0.1) is 13.7 Å². The molecule has 98 valence electrons. The zero-order valence-corrected chi connectivity index (χ0v) is 10.7. The van der Waals surface area contributed by atoms with Gasteiger partial charge in [-0.3, -0.25) is 0 Å². The summed E-state index contributed by atoms with van der Waals surface area (Å²) >= 11 is 0. The molecule has 0 saturated carbocycles. The van der Waals surface area contributed by atoms with Gasteiger partial charge in [0.2, 0.25) is 0 Å². The summed E-state index contributed by atoms with van der Waals surface area (Å²) in [7, 11) is 1.60. The Labute approximate surface area is 107 Å². The fourth-order valence-electron chi connectivity index (χ4n) is 2.46. The monoisotopic (exact) mass is 250 g/mol. The molecular formula is C14H18O4. The smallest absolute Gasteiger partial charge is 0.335 e. The van der Waals surface area contributed by atoms with Crippen molar-refractivity contribution < 1.29 is 19.4 Å². The summed E-state index contributed by atoms with van der Waals surface area (Å²) in [5, 5.41) is 10.0. The number of carbonyl (C=O) groups excluding carboxylic acids is 1. The Morgan fingerprint density at radius 2 is 2.33 bits per heavy atom. The molecule has 4 heteroatoms. The second-order valence-corrected chi connectivity index (χ2v) is 4.41. The van der Waals surface area contributed by atoms with E-state index in [2.05, 4.69) is 0 Å². The van der Waals surface area contributed by atoms with Crippen molar-refractivity contribution in [2.75, 3.05) is 13.7 Å². The van der Waals surface area contributed by atoms with Crippen molar-refractivity contribution >= 4 is 5.97 Å². The lowest BCUT2D eigenvalue weighted by Gasteiger charge is -2.18. The maximum Gasteiger partial charge on any atom is 0.335 e. The van der Waals surface area contributed by atoms with E-state index in [9.17, 15) is 9.90 Å². The van der Waals surface area contributed by atoms with Crippen LogP contribution in [0.15, 0.2) is 18.2 Å². The Kier molecular flexibility index (Phi) is 3.87. The minimum atomic E-state index is -1.08. The van der Waals surface area contributed by atoms with Gasteiger partial charge in [0.15, 0.2) is 6.10 Å². The summed E-state index contributed by atoms with van der Waals surface area (Å²) < 4.78 is 10.0. The Morgan fingerprint density at radius 3 is 3.00 bits per heavy atom. The average molecular weight is 250 g/mol. The number of carbonyl (C=O) groups is 1. The van der Waals surface area contributed by atoms with Gasteiger partial charge in [-0.05, 0) is 43.0 Å². The number of aliphatic hydroxyl groups excluding tert-OH is 1. The van der Waals surface area contributed by atoms with Crippen molar-refractivity contribution in [3.63, 3.8) is 0 Å². The molecular weight excluding hydrogens is 232 g/mol. The lowest BCUT2D eigenvalue weighted by Crippen LogP contribution is -2.28. The summed E-state index contributed by atoms with van der Waals surface area (Å²) in [5.74, 6) is 0.0176. The Balaban J connectivity index is 2.22. The number of benzene rings is 1. The van der Waals surface area contributed by atoms with Crippen molar-refractivity contribution in [2.24, 2.45) is 0 Å². The Morgan fingerprint density at radius 1 is 1.56 bits per heavy atom. The average Bonchev–Trinajstić information content (AvgIpc) is 2.80. The van der Waals surface area contributed by atoms with E-state index < -0.39 is 12.1 Å². The topological polar surface area (TPSA) is 55.8 Å². The minimum Gasteiger partial charge on any atom is -0.497 e. The summed E-state index contributed by atoms with van der Waals surface area (Å²) in [6, 6.07) is 5.79. The number of rotatable bonds is 4. The zero-order chi connectivity index (χ0) is 13.1. The molecule has 1 aromatic rings. The van der Waals surface area contributed by atoms with Crippen LogP contribution in [-0.4, -0.2) is 30.9 Å². The highest BCUT2D eigenvalue weighted by atomic mass is 16.5. The van der Waals surface area contributed by atoms with Crippen LogP contribution in [0.3, 0.4) is 0 Å². The molecule has 1 N–H and O–H groups in total. The number of fused-ring (bicyclic) bond motifs is 1. The molecule has 0 aromatic heterocycles. The van der Waals surface area contributed by atoms with E-state index in [1.54, 1.807) is 14.0 Å². The van der Waals surface area contributed by atoms with E-state index in [0.717, 1.165) is 24.2 Å². The summed E-state index contributed by atoms with van der Waals surface area (Å²) in [5.41, 5.74) is 2.17. The molecule has 1 aliphatic carbocycles. The first-order chi connectivity index (χ1) is 8.67. The van der Waals surface area contributed by atoms with E-state index in [4.69, 9.17) is 9.47 Å². The van der Waals surface area contributed by atoms with Crippen molar-refractivity contribution in [1.82, 2.24) is 0 Å². The molecule has 2 unspecified atom stereocenters. The van der Waals surface area contributed by atoms with Crippen LogP contribution < -0.4 is 4.74 Å². The first-order valence-corrected chi connectivity index (χ1v) is 6.19. The highest BCUT2D eigenvalue weighted by Gasteiger charge is 2.34. The molecule has 0 amide bonds. The van der Waals surface area contributed by atoms with Gasteiger partial charge in [0.1, 0.15) is 5.75 Å². The summed E-state index contributed by atoms with van der Waals surface area (Å²) in [6.45, 7) is 2.02. The van der Waals surface area contributed by atoms with Crippen LogP contribution in [0.1, 0.15) is 30.4 Å². The molecule has 0 aliphatic heterocycles. The standard InChI is InChI=1S/C14H18O4/c1-3-18-14(16)13(15)11-7-5-9-4-6-10(17-2)8-12(9)11/h4,6,8,11,13,15H,3,5,7H2,1-2H3. The van der Waals surface area contributed by atoms with Crippen molar-refractivity contribution in [1.29, 1.82) is 0 Å². The predicted molar refractivity (Wildman–Crippen MR) is 66.7 cm³/mol. The van der Waals surface area contributed by atoms with E-state index in [1.165, 1.54) is 5.56 Å². The van der Waals surface area contributed by atoms with Gasteiger partial charge in [-0.25, -0.2) is 4.79 Å². The van der Waals surface area contributed by atoms with Crippen LogP contribution in [0.5, 0.6) is 5.75 Å². The van der Waals surface area contributed by atoms with Crippen LogP contribution in [0, 0.1) is 0 Å². The molecule has 0 radical (unpaired) electrons. The number of ether oxygens (including phenoxy) is 2. The molecule has 18 heavy (non-hydrogen) atoms. The highest BCUT2D eigenvalue weighted by molar-refractivity contribution is 5.76. The third-order valence-electron chi connectivity index (χ3n) is 3.39. The van der Waals surface area contributed by atoms with Crippen molar-refractivity contribution in [2.45, 2.75) is 31.8 Å². The van der Waals surface area contributed by atoms with Gasteiger partial charge in [-0.15, -0.1) is 0 Å². The first kappa shape index (κ1) is 12.9. The lowest BCUT2D eigenvalue weighted by molar-refractivity contribution is -0.154. The predicted octanol–water partition coefficient (Wildman–Crippen LogP) is 1.65. The van der Waals surface area contributed by atoms with Crippen LogP contribution in [0.25, 0.3) is 0 Å². The first-order valence-electron chi connectivity index (χ1n) is 6.19. The Hall–Kier alpha value is -1.55. The van der Waals surface area contributed by atoms with Crippen molar-refractivity contribution in [3.05, 3.63) is 29.3 Å². The fraction of sp³-hybridized carbons (Fsp3) is 0.500. The van der Waals surface area contributed by atoms with Gasteiger partial charge in [0.25, 0.3) is 0 Å². The second kappa shape index (κ2) is 5.40. The number of methoxy groups -OCH3 is 1. The minimum absolute atomic E-state index is 0.186. The third kappa shape index (κ3) is 2.34. The van der Waals surface area contributed by atoms with E-state index in [-0.39, 0.29) is 12.5 Å². The SMILES string of the molecule is CCOC(=O)C(O)C1CCc2ccc(OC)cc21. The van der Waals surface area contributed by atoms with E-state index >= 15 is 0 Å². The molecule has 2 atom stereocenters. The van der Waals surface area contributed by atoms with Gasteiger partial charge in [-0.1, -0.05) is 6.07 Å². The van der Waals surface area contributed by atoms with Gasteiger partial charge < -0.3 is 14.6 Å². The number of aliphatic hydroxyl groups is 1.